The van der Waals surface area contributed by atoms with Crippen LogP contribution in [0.25, 0.3) is 0 Å². The van der Waals surface area contributed by atoms with Crippen molar-refractivity contribution in [2.75, 3.05) is 0 Å². The fraction of sp³-hybridized carbons (Fsp3) is 0. The molecule has 1 aromatic carbocycles. The molecule has 0 amide bonds. The van der Waals surface area contributed by atoms with E-state index in [0.717, 1.165) is 4.47 Å². The Morgan fingerprint density at radius 2 is 1.88 bits per heavy atom. The summed E-state index contributed by atoms with van der Waals surface area (Å²) < 4.78 is 6.42. The summed E-state index contributed by atoms with van der Waals surface area (Å²) in [5.41, 5.74) is 0.0969. The van der Waals surface area contributed by atoms with Crippen LogP contribution in [0.1, 0.15) is 10.4 Å². The molecule has 0 spiro atoms. The molecule has 0 atom stereocenters. The number of rotatable bonds is 3. The molecule has 1 N–H and O–H groups in total. The van der Waals surface area contributed by atoms with Crippen molar-refractivity contribution >= 4 is 21.9 Å². The van der Waals surface area contributed by atoms with Crippen molar-refractivity contribution in [1.29, 1.82) is 0 Å². The summed E-state index contributed by atoms with van der Waals surface area (Å²) >= 11 is 3.32. The van der Waals surface area contributed by atoms with Crippen molar-refractivity contribution in [3.8, 4) is 11.5 Å². The van der Waals surface area contributed by atoms with Crippen LogP contribution in [0.5, 0.6) is 11.5 Å². The molecule has 1 heterocycles. The van der Waals surface area contributed by atoms with Crippen molar-refractivity contribution in [2.24, 2.45) is 0 Å². The summed E-state index contributed by atoms with van der Waals surface area (Å²) in [6.07, 6.45) is 2.74. The number of aromatic nitrogens is 1. The summed E-state index contributed by atoms with van der Waals surface area (Å²) in [7, 11) is 0. The minimum Gasteiger partial charge on any atom is -0.478 e. The molecule has 0 radical (unpaired) electrons. The highest BCUT2D eigenvalue weighted by atomic mass is 79.9. The summed E-state index contributed by atoms with van der Waals surface area (Å²) in [5.74, 6) is -0.0106. The second kappa shape index (κ2) is 4.97. The third-order valence-electron chi connectivity index (χ3n) is 2.01. The number of nitrogens with zero attached hydrogens (tertiary/aromatic N) is 1. The van der Waals surface area contributed by atoms with Crippen LogP contribution >= 0.6 is 15.9 Å². The number of halogens is 1. The van der Waals surface area contributed by atoms with Gasteiger partial charge in [-0.15, -0.1) is 0 Å². The molecular formula is C12H8BrNO3. The molecule has 1 aromatic heterocycles. The van der Waals surface area contributed by atoms with Gasteiger partial charge in [0.15, 0.2) is 0 Å². The third-order valence-corrected chi connectivity index (χ3v) is 2.54. The van der Waals surface area contributed by atoms with E-state index in [0.29, 0.717) is 11.5 Å². The van der Waals surface area contributed by atoms with E-state index in [1.807, 2.05) is 12.1 Å². The van der Waals surface area contributed by atoms with Gasteiger partial charge in [-0.25, -0.2) is 4.79 Å². The van der Waals surface area contributed by atoms with Gasteiger partial charge < -0.3 is 9.84 Å². The average Bonchev–Trinajstić information content (AvgIpc) is 2.32. The molecule has 0 aliphatic carbocycles. The van der Waals surface area contributed by atoms with E-state index in [1.54, 1.807) is 12.1 Å². The Kier molecular flexibility index (Phi) is 3.39. The quantitative estimate of drug-likeness (QED) is 0.943. The second-order valence-electron chi connectivity index (χ2n) is 3.27. The van der Waals surface area contributed by atoms with E-state index in [9.17, 15) is 4.79 Å². The van der Waals surface area contributed by atoms with E-state index in [4.69, 9.17) is 9.84 Å². The minimum absolute atomic E-state index is 0.0969. The van der Waals surface area contributed by atoms with Gasteiger partial charge in [-0.3, -0.25) is 4.98 Å². The highest BCUT2D eigenvalue weighted by Crippen LogP contribution is 2.23. The fourth-order valence-corrected chi connectivity index (χ4v) is 1.49. The number of carbonyl (C=O) groups is 1. The smallest absolute Gasteiger partial charge is 0.337 e. The maximum Gasteiger partial charge on any atom is 0.337 e. The first-order valence-corrected chi connectivity index (χ1v) is 5.56. The molecule has 0 unspecified atom stereocenters. The molecule has 0 bridgehead atoms. The molecule has 4 nitrogen and oxygen atoms in total. The first-order valence-electron chi connectivity index (χ1n) is 4.77. The Bertz CT molecular complexity index is 540. The van der Waals surface area contributed by atoms with Crippen molar-refractivity contribution in [2.45, 2.75) is 0 Å². The van der Waals surface area contributed by atoms with Crippen molar-refractivity contribution in [3.05, 3.63) is 52.8 Å². The largest absolute Gasteiger partial charge is 0.478 e. The standard InChI is InChI=1S/C12H8BrNO3/c13-9-1-3-10(4-2-9)17-11-5-8(12(15)16)6-14-7-11/h1-7H,(H,15,16). The molecule has 2 aromatic rings. The minimum atomic E-state index is -1.03. The molecular weight excluding hydrogens is 286 g/mol. The molecule has 86 valence electrons. The van der Waals surface area contributed by atoms with Gasteiger partial charge >= 0.3 is 5.97 Å². The summed E-state index contributed by atoms with van der Waals surface area (Å²) in [6.45, 7) is 0. The number of hydrogen-bond donors (Lipinski definition) is 1. The highest BCUT2D eigenvalue weighted by Gasteiger charge is 2.05. The van der Waals surface area contributed by atoms with Crippen LogP contribution in [0.15, 0.2) is 47.2 Å². The predicted molar refractivity (Wildman–Crippen MR) is 65.4 cm³/mol. The van der Waals surface area contributed by atoms with Gasteiger partial charge in [-0.05, 0) is 30.3 Å². The maximum absolute atomic E-state index is 10.7. The normalized spacial score (nSPS) is 9.94. The molecule has 0 aliphatic rings. The topological polar surface area (TPSA) is 59.4 Å². The van der Waals surface area contributed by atoms with Crippen LogP contribution in [0.4, 0.5) is 0 Å². The van der Waals surface area contributed by atoms with Crippen molar-refractivity contribution in [1.82, 2.24) is 4.98 Å². The van der Waals surface area contributed by atoms with Gasteiger partial charge in [0.2, 0.25) is 0 Å². The first-order chi connectivity index (χ1) is 8.15. The van der Waals surface area contributed by atoms with Crippen LogP contribution in [0.3, 0.4) is 0 Å². The van der Waals surface area contributed by atoms with Crippen LogP contribution in [-0.2, 0) is 0 Å². The fourth-order valence-electron chi connectivity index (χ4n) is 1.23. The molecule has 2 rings (SSSR count). The lowest BCUT2D eigenvalue weighted by Gasteiger charge is -2.05. The highest BCUT2D eigenvalue weighted by molar-refractivity contribution is 9.10. The van der Waals surface area contributed by atoms with E-state index in [-0.39, 0.29) is 5.56 Å². The Labute approximate surface area is 106 Å². The Morgan fingerprint density at radius 1 is 1.18 bits per heavy atom. The van der Waals surface area contributed by atoms with E-state index < -0.39 is 5.97 Å². The van der Waals surface area contributed by atoms with E-state index in [2.05, 4.69) is 20.9 Å². The van der Waals surface area contributed by atoms with Crippen LogP contribution in [-0.4, -0.2) is 16.1 Å². The number of carboxylic acid groups (broad SMARTS) is 1. The Morgan fingerprint density at radius 3 is 2.53 bits per heavy atom. The van der Waals surface area contributed by atoms with Gasteiger partial charge in [0.1, 0.15) is 11.5 Å². The van der Waals surface area contributed by atoms with E-state index >= 15 is 0 Å². The number of aromatic carboxylic acids is 1. The Balaban J connectivity index is 2.21. The molecule has 0 saturated carbocycles. The number of carboxylic acids is 1. The number of hydrogen-bond acceptors (Lipinski definition) is 3. The zero-order chi connectivity index (χ0) is 12.3. The number of ether oxygens (including phenoxy) is 1. The molecule has 5 heteroatoms. The van der Waals surface area contributed by atoms with Crippen molar-refractivity contribution in [3.63, 3.8) is 0 Å². The SMILES string of the molecule is O=C(O)c1cncc(Oc2ccc(Br)cc2)c1. The van der Waals surface area contributed by atoms with Gasteiger partial charge in [0, 0.05) is 10.7 Å². The van der Waals surface area contributed by atoms with Crippen LogP contribution in [0, 0.1) is 0 Å². The van der Waals surface area contributed by atoms with E-state index in [1.165, 1.54) is 18.5 Å². The predicted octanol–water partition coefficient (Wildman–Crippen LogP) is 3.33. The summed E-state index contributed by atoms with van der Waals surface area (Å²) in [6, 6.07) is 8.65. The molecule has 0 fully saturated rings. The zero-order valence-corrected chi connectivity index (χ0v) is 10.2. The zero-order valence-electron chi connectivity index (χ0n) is 8.63. The van der Waals surface area contributed by atoms with Gasteiger partial charge in [0.05, 0.1) is 11.8 Å². The Hall–Kier alpha value is -1.88. The maximum atomic E-state index is 10.7. The average molecular weight is 294 g/mol. The lowest BCUT2D eigenvalue weighted by molar-refractivity contribution is 0.0696. The number of benzene rings is 1. The van der Waals surface area contributed by atoms with Crippen LogP contribution in [0.2, 0.25) is 0 Å². The molecule has 0 saturated heterocycles. The van der Waals surface area contributed by atoms with Crippen molar-refractivity contribution < 1.29 is 14.6 Å². The van der Waals surface area contributed by atoms with Gasteiger partial charge in [-0.1, -0.05) is 15.9 Å². The monoisotopic (exact) mass is 293 g/mol. The lowest BCUT2D eigenvalue weighted by atomic mass is 10.3. The lowest BCUT2D eigenvalue weighted by Crippen LogP contribution is -1.97. The molecule has 17 heavy (non-hydrogen) atoms. The van der Waals surface area contributed by atoms with Gasteiger partial charge in [0.25, 0.3) is 0 Å². The van der Waals surface area contributed by atoms with Gasteiger partial charge in [-0.2, -0.15) is 0 Å². The first kappa shape index (κ1) is 11.6. The third kappa shape index (κ3) is 3.04. The summed E-state index contributed by atoms with van der Waals surface area (Å²) in [4.78, 5) is 14.6. The molecule has 0 aliphatic heterocycles. The second-order valence-corrected chi connectivity index (χ2v) is 4.19. The van der Waals surface area contributed by atoms with Crippen LogP contribution < -0.4 is 4.74 Å². The summed E-state index contributed by atoms with van der Waals surface area (Å²) in [5, 5.41) is 8.81. The number of pyridine rings is 1.